The molecule has 0 saturated heterocycles. The molecule has 1 aromatic rings. The molecule has 1 aromatic carbocycles. The van der Waals surface area contributed by atoms with Gasteiger partial charge in [0.2, 0.25) is 5.91 Å². The summed E-state index contributed by atoms with van der Waals surface area (Å²) in [5.74, 6) is -0.974. The molecule has 0 aliphatic carbocycles. The van der Waals surface area contributed by atoms with Crippen LogP contribution in [0.2, 0.25) is 5.02 Å². The largest absolute Gasteiger partial charge is 0.368 e. The number of amides is 2. The van der Waals surface area contributed by atoms with E-state index >= 15 is 0 Å². The van der Waals surface area contributed by atoms with Gasteiger partial charge in [-0.2, -0.15) is 0 Å². The lowest BCUT2D eigenvalue weighted by Gasteiger charge is -2.19. The molecule has 0 aliphatic heterocycles. The Balaban J connectivity index is 2.87. The molecule has 0 heterocycles. The molecule has 3 N–H and O–H groups in total. The third kappa shape index (κ3) is 3.71. The third-order valence-electron chi connectivity index (χ3n) is 2.44. The molecular weight excluding hydrogens is 320 g/mol. The molecule has 0 saturated carbocycles. The predicted octanol–water partition coefficient (Wildman–Crippen LogP) is 2.34. The van der Waals surface area contributed by atoms with Gasteiger partial charge in [0, 0.05) is 10.0 Å². The van der Waals surface area contributed by atoms with Crippen LogP contribution < -0.4 is 11.1 Å². The van der Waals surface area contributed by atoms with Crippen LogP contribution in [0.1, 0.15) is 24.2 Å². The second-order valence-corrected chi connectivity index (χ2v) is 5.49. The number of carbonyl (C=O) groups is 2. The molecule has 0 fully saturated rings. The van der Waals surface area contributed by atoms with Crippen LogP contribution in [0.3, 0.4) is 0 Å². The Morgan fingerprint density at radius 2 is 2.00 bits per heavy atom. The van der Waals surface area contributed by atoms with Gasteiger partial charge in [-0.15, -0.1) is 0 Å². The summed E-state index contributed by atoms with van der Waals surface area (Å²) in [5, 5.41) is 3.12. The van der Waals surface area contributed by atoms with Crippen LogP contribution in [-0.2, 0) is 4.79 Å². The highest BCUT2D eigenvalue weighted by atomic mass is 79.9. The predicted molar refractivity (Wildman–Crippen MR) is 74.4 cm³/mol. The summed E-state index contributed by atoms with van der Waals surface area (Å²) in [7, 11) is 0. The number of primary amides is 1. The van der Waals surface area contributed by atoms with Gasteiger partial charge in [-0.3, -0.25) is 9.59 Å². The van der Waals surface area contributed by atoms with Crippen molar-refractivity contribution in [2.75, 3.05) is 0 Å². The van der Waals surface area contributed by atoms with E-state index in [0.29, 0.717) is 15.1 Å². The quantitative estimate of drug-likeness (QED) is 0.887. The second kappa shape index (κ2) is 6.20. The number of carbonyl (C=O) groups excluding carboxylic acids is 2. The van der Waals surface area contributed by atoms with Crippen LogP contribution in [0.15, 0.2) is 22.7 Å². The van der Waals surface area contributed by atoms with Gasteiger partial charge < -0.3 is 11.1 Å². The summed E-state index contributed by atoms with van der Waals surface area (Å²) in [6.07, 6.45) is 0. The maximum atomic E-state index is 11.9. The van der Waals surface area contributed by atoms with E-state index in [1.54, 1.807) is 18.2 Å². The van der Waals surface area contributed by atoms with Gasteiger partial charge in [0.15, 0.2) is 0 Å². The lowest BCUT2D eigenvalue weighted by Crippen LogP contribution is -2.47. The standard InChI is InChI=1S/C12H14BrClN2O2/c1-6(2)10(11(15)17)16-12(18)7-3-4-9(14)8(13)5-7/h3-6,10H,1-2H3,(H2,15,17)(H,16,18). The van der Waals surface area contributed by atoms with Gasteiger partial charge in [0.25, 0.3) is 5.91 Å². The number of nitrogens with two attached hydrogens (primary N) is 1. The Morgan fingerprint density at radius 3 is 2.44 bits per heavy atom. The summed E-state index contributed by atoms with van der Waals surface area (Å²) in [4.78, 5) is 23.2. The molecule has 2 amide bonds. The first kappa shape index (κ1) is 15.0. The molecule has 1 atom stereocenters. The highest BCUT2D eigenvalue weighted by Gasteiger charge is 2.22. The zero-order valence-electron chi connectivity index (χ0n) is 10.0. The first-order chi connectivity index (χ1) is 8.32. The topological polar surface area (TPSA) is 72.2 Å². The molecule has 0 aliphatic rings. The average Bonchev–Trinajstić information content (AvgIpc) is 2.28. The normalized spacial score (nSPS) is 12.3. The molecule has 0 spiro atoms. The van der Waals surface area contributed by atoms with E-state index in [1.165, 1.54) is 0 Å². The molecule has 18 heavy (non-hydrogen) atoms. The molecule has 0 bridgehead atoms. The number of halogens is 2. The molecule has 6 heteroatoms. The maximum Gasteiger partial charge on any atom is 0.251 e. The van der Waals surface area contributed by atoms with Gasteiger partial charge in [0.1, 0.15) is 6.04 Å². The van der Waals surface area contributed by atoms with Crippen LogP contribution in [0.25, 0.3) is 0 Å². The number of hydrogen-bond donors (Lipinski definition) is 2. The van der Waals surface area contributed by atoms with E-state index in [0.717, 1.165) is 0 Å². The Labute approximate surface area is 119 Å². The van der Waals surface area contributed by atoms with Crippen molar-refractivity contribution in [3.05, 3.63) is 33.3 Å². The molecule has 4 nitrogen and oxygen atoms in total. The third-order valence-corrected chi connectivity index (χ3v) is 3.66. The summed E-state index contributed by atoms with van der Waals surface area (Å²) in [5.41, 5.74) is 5.65. The lowest BCUT2D eigenvalue weighted by atomic mass is 10.0. The first-order valence-electron chi connectivity index (χ1n) is 5.38. The molecule has 98 valence electrons. The van der Waals surface area contributed by atoms with E-state index in [1.807, 2.05) is 13.8 Å². The second-order valence-electron chi connectivity index (χ2n) is 4.23. The molecule has 1 rings (SSSR count). The minimum Gasteiger partial charge on any atom is -0.368 e. The molecule has 0 aromatic heterocycles. The Hall–Kier alpha value is -1.07. The maximum absolute atomic E-state index is 11.9. The SMILES string of the molecule is CC(C)C(NC(=O)c1ccc(Cl)c(Br)c1)C(N)=O. The van der Waals surface area contributed by atoms with Crippen molar-refractivity contribution < 1.29 is 9.59 Å². The van der Waals surface area contributed by atoms with E-state index in [2.05, 4.69) is 21.2 Å². The minimum absolute atomic E-state index is 0.0674. The highest BCUT2D eigenvalue weighted by Crippen LogP contribution is 2.23. The van der Waals surface area contributed by atoms with Crippen molar-refractivity contribution in [1.29, 1.82) is 0 Å². The Morgan fingerprint density at radius 1 is 1.39 bits per heavy atom. The number of rotatable bonds is 4. The summed E-state index contributed by atoms with van der Waals surface area (Å²) < 4.78 is 0.622. The highest BCUT2D eigenvalue weighted by molar-refractivity contribution is 9.10. The fourth-order valence-electron chi connectivity index (χ4n) is 1.43. The smallest absolute Gasteiger partial charge is 0.251 e. The van der Waals surface area contributed by atoms with E-state index < -0.39 is 11.9 Å². The van der Waals surface area contributed by atoms with Crippen molar-refractivity contribution in [3.63, 3.8) is 0 Å². The van der Waals surface area contributed by atoms with E-state index in [4.69, 9.17) is 17.3 Å². The number of hydrogen-bond acceptors (Lipinski definition) is 2. The van der Waals surface area contributed by atoms with Crippen LogP contribution in [0, 0.1) is 5.92 Å². The van der Waals surface area contributed by atoms with Crippen LogP contribution >= 0.6 is 27.5 Å². The Bertz CT molecular complexity index is 477. The van der Waals surface area contributed by atoms with Crippen molar-refractivity contribution in [2.24, 2.45) is 11.7 Å². The van der Waals surface area contributed by atoms with Crippen LogP contribution in [-0.4, -0.2) is 17.9 Å². The molecule has 0 radical (unpaired) electrons. The van der Waals surface area contributed by atoms with Crippen molar-refractivity contribution in [1.82, 2.24) is 5.32 Å². The van der Waals surface area contributed by atoms with Crippen molar-refractivity contribution in [3.8, 4) is 0 Å². The van der Waals surface area contributed by atoms with Gasteiger partial charge in [0.05, 0.1) is 5.02 Å². The van der Waals surface area contributed by atoms with Crippen LogP contribution in [0.5, 0.6) is 0 Å². The summed E-state index contributed by atoms with van der Waals surface area (Å²) in [6, 6.07) is 4.10. The zero-order chi connectivity index (χ0) is 13.9. The molecular formula is C12H14BrClN2O2. The van der Waals surface area contributed by atoms with Gasteiger partial charge >= 0.3 is 0 Å². The number of benzene rings is 1. The van der Waals surface area contributed by atoms with Crippen molar-refractivity contribution in [2.45, 2.75) is 19.9 Å². The first-order valence-corrected chi connectivity index (χ1v) is 6.55. The van der Waals surface area contributed by atoms with Crippen molar-refractivity contribution >= 4 is 39.3 Å². The summed E-state index contributed by atoms with van der Waals surface area (Å²) in [6.45, 7) is 3.63. The lowest BCUT2D eigenvalue weighted by molar-refractivity contribution is -0.120. The summed E-state index contributed by atoms with van der Waals surface area (Å²) >= 11 is 9.07. The molecule has 1 unspecified atom stereocenters. The average molecular weight is 334 g/mol. The fourth-order valence-corrected chi connectivity index (χ4v) is 1.92. The van der Waals surface area contributed by atoms with E-state index in [-0.39, 0.29) is 11.8 Å². The van der Waals surface area contributed by atoms with Gasteiger partial charge in [-0.25, -0.2) is 0 Å². The zero-order valence-corrected chi connectivity index (χ0v) is 12.4. The van der Waals surface area contributed by atoms with E-state index in [9.17, 15) is 9.59 Å². The minimum atomic E-state index is -0.688. The van der Waals surface area contributed by atoms with Crippen LogP contribution in [0.4, 0.5) is 0 Å². The number of nitrogens with one attached hydrogen (secondary N) is 1. The van der Waals surface area contributed by atoms with Gasteiger partial charge in [-0.05, 0) is 40.0 Å². The fraction of sp³-hybridized carbons (Fsp3) is 0.333. The van der Waals surface area contributed by atoms with Gasteiger partial charge in [-0.1, -0.05) is 25.4 Å². The Kier molecular flexibility index (Phi) is 5.16. The monoisotopic (exact) mass is 332 g/mol.